The summed E-state index contributed by atoms with van der Waals surface area (Å²) < 4.78 is 39.3. The Hall–Kier alpha value is -0.890. The molecule has 0 saturated heterocycles. The molecular formula is C8H5BrF3N3S. The van der Waals surface area contributed by atoms with Gasteiger partial charge < -0.3 is 4.57 Å². The van der Waals surface area contributed by atoms with E-state index in [4.69, 9.17) is 0 Å². The van der Waals surface area contributed by atoms with Gasteiger partial charge in [0.2, 0.25) is 0 Å². The van der Waals surface area contributed by atoms with Gasteiger partial charge in [0.25, 0.3) is 0 Å². The molecule has 0 aliphatic heterocycles. The molecule has 0 aliphatic carbocycles. The van der Waals surface area contributed by atoms with Crippen molar-refractivity contribution in [3.05, 3.63) is 21.9 Å². The molecule has 0 fully saturated rings. The number of nitrogens with zero attached hydrogens (tertiary/aromatic N) is 3. The highest BCUT2D eigenvalue weighted by Crippen LogP contribution is 2.32. The number of halogens is 4. The maximum absolute atomic E-state index is 12.4. The monoisotopic (exact) mass is 311 g/mol. The van der Waals surface area contributed by atoms with Crippen molar-refractivity contribution >= 4 is 27.3 Å². The van der Waals surface area contributed by atoms with Gasteiger partial charge in [0.1, 0.15) is 0 Å². The Morgan fingerprint density at radius 3 is 2.56 bits per heavy atom. The standard InChI is InChI=1S/C8H5BrF3N3S/c1-15-3-4(8(10,11)12)14-6(15)7-13-2-5(9)16-7/h2-3H,1H3. The average Bonchev–Trinajstić information content (AvgIpc) is 2.70. The summed E-state index contributed by atoms with van der Waals surface area (Å²) in [5, 5.41) is 0.449. The second-order valence-electron chi connectivity index (χ2n) is 3.03. The molecule has 16 heavy (non-hydrogen) atoms. The Labute approximate surface area is 101 Å². The van der Waals surface area contributed by atoms with Gasteiger partial charge in [-0.1, -0.05) is 0 Å². The highest BCUT2D eigenvalue weighted by Gasteiger charge is 2.34. The Kier molecular flexibility index (Phi) is 2.79. The van der Waals surface area contributed by atoms with Crippen molar-refractivity contribution in [3.8, 4) is 10.8 Å². The van der Waals surface area contributed by atoms with Gasteiger partial charge in [-0.2, -0.15) is 13.2 Å². The topological polar surface area (TPSA) is 30.7 Å². The van der Waals surface area contributed by atoms with E-state index in [1.54, 1.807) is 0 Å². The van der Waals surface area contributed by atoms with E-state index in [0.29, 0.717) is 5.01 Å². The number of alkyl halides is 3. The van der Waals surface area contributed by atoms with Crippen LogP contribution in [0.25, 0.3) is 10.8 Å². The average molecular weight is 312 g/mol. The minimum Gasteiger partial charge on any atom is -0.331 e. The van der Waals surface area contributed by atoms with Crippen LogP contribution < -0.4 is 0 Å². The number of imidazole rings is 1. The van der Waals surface area contributed by atoms with E-state index >= 15 is 0 Å². The molecule has 86 valence electrons. The van der Waals surface area contributed by atoms with Crippen LogP contribution in [0.15, 0.2) is 16.2 Å². The van der Waals surface area contributed by atoms with Crippen LogP contribution in [0.3, 0.4) is 0 Å². The summed E-state index contributed by atoms with van der Waals surface area (Å²) in [6.45, 7) is 0. The van der Waals surface area contributed by atoms with Crippen LogP contribution in [0.5, 0.6) is 0 Å². The van der Waals surface area contributed by atoms with Crippen molar-refractivity contribution in [1.29, 1.82) is 0 Å². The second-order valence-corrected chi connectivity index (χ2v) is 5.44. The minimum atomic E-state index is -4.43. The van der Waals surface area contributed by atoms with Crippen molar-refractivity contribution in [3.63, 3.8) is 0 Å². The molecule has 0 atom stereocenters. The van der Waals surface area contributed by atoms with Crippen LogP contribution in [-0.4, -0.2) is 14.5 Å². The summed E-state index contributed by atoms with van der Waals surface area (Å²) in [5.41, 5.74) is -0.906. The van der Waals surface area contributed by atoms with Crippen LogP contribution >= 0.6 is 27.3 Å². The number of rotatable bonds is 1. The van der Waals surface area contributed by atoms with Gasteiger partial charge >= 0.3 is 6.18 Å². The van der Waals surface area contributed by atoms with Crippen LogP contribution in [0.2, 0.25) is 0 Å². The molecule has 0 saturated carbocycles. The van der Waals surface area contributed by atoms with Gasteiger partial charge in [0.05, 0.1) is 9.98 Å². The normalized spacial score (nSPS) is 12.1. The molecule has 0 aliphatic rings. The predicted octanol–water partition coefficient (Wildman–Crippen LogP) is 3.32. The Balaban J connectivity index is 2.47. The van der Waals surface area contributed by atoms with Gasteiger partial charge in [-0.05, 0) is 15.9 Å². The zero-order valence-electron chi connectivity index (χ0n) is 7.92. The first-order valence-electron chi connectivity index (χ1n) is 4.10. The van der Waals surface area contributed by atoms with E-state index in [9.17, 15) is 13.2 Å². The maximum atomic E-state index is 12.4. The molecule has 2 heterocycles. The van der Waals surface area contributed by atoms with E-state index in [1.165, 1.54) is 29.1 Å². The molecule has 0 bridgehead atoms. The van der Waals surface area contributed by atoms with Crippen LogP contribution in [0.1, 0.15) is 5.69 Å². The van der Waals surface area contributed by atoms with Gasteiger partial charge in [-0.15, -0.1) is 11.3 Å². The molecule has 8 heteroatoms. The third-order valence-corrected chi connectivity index (χ3v) is 3.31. The number of aryl methyl sites for hydroxylation is 1. The Morgan fingerprint density at radius 2 is 2.12 bits per heavy atom. The first-order chi connectivity index (χ1) is 7.38. The summed E-state index contributed by atoms with van der Waals surface area (Å²) in [6.07, 6.45) is -1.95. The highest BCUT2D eigenvalue weighted by atomic mass is 79.9. The molecular weight excluding hydrogens is 307 g/mol. The van der Waals surface area contributed by atoms with Gasteiger partial charge in [0, 0.05) is 13.2 Å². The fourth-order valence-electron chi connectivity index (χ4n) is 1.16. The zero-order chi connectivity index (χ0) is 11.9. The molecule has 0 unspecified atom stereocenters. The third kappa shape index (κ3) is 2.12. The van der Waals surface area contributed by atoms with Gasteiger partial charge in [0.15, 0.2) is 16.5 Å². The third-order valence-electron chi connectivity index (χ3n) is 1.84. The SMILES string of the molecule is Cn1cc(C(F)(F)F)nc1-c1ncc(Br)s1. The summed E-state index contributed by atoms with van der Waals surface area (Å²) >= 11 is 4.43. The molecule has 2 aromatic heterocycles. The molecule has 0 N–H and O–H groups in total. The van der Waals surface area contributed by atoms with E-state index in [0.717, 1.165) is 9.98 Å². The van der Waals surface area contributed by atoms with Crippen molar-refractivity contribution in [1.82, 2.24) is 14.5 Å². The van der Waals surface area contributed by atoms with Gasteiger partial charge in [-0.3, -0.25) is 0 Å². The lowest BCUT2D eigenvalue weighted by atomic mass is 10.5. The summed E-state index contributed by atoms with van der Waals surface area (Å²) in [4.78, 5) is 7.49. The fraction of sp³-hybridized carbons (Fsp3) is 0.250. The molecule has 0 radical (unpaired) electrons. The summed E-state index contributed by atoms with van der Waals surface area (Å²) in [6, 6.07) is 0. The lowest BCUT2D eigenvalue weighted by molar-refractivity contribution is -0.140. The highest BCUT2D eigenvalue weighted by molar-refractivity contribution is 9.11. The second kappa shape index (κ2) is 3.85. The molecule has 0 amide bonds. The lowest BCUT2D eigenvalue weighted by Gasteiger charge is -1.98. The van der Waals surface area contributed by atoms with Crippen molar-refractivity contribution in [2.45, 2.75) is 6.18 Å². The van der Waals surface area contributed by atoms with E-state index in [-0.39, 0.29) is 5.82 Å². The van der Waals surface area contributed by atoms with Crippen molar-refractivity contribution < 1.29 is 13.2 Å². The van der Waals surface area contributed by atoms with E-state index < -0.39 is 11.9 Å². The molecule has 2 aromatic rings. The zero-order valence-corrected chi connectivity index (χ0v) is 10.3. The summed E-state index contributed by atoms with van der Waals surface area (Å²) in [5.74, 6) is 0.211. The molecule has 0 aromatic carbocycles. The first-order valence-corrected chi connectivity index (χ1v) is 5.71. The minimum absolute atomic E-state index is 0.211. The lowest BCUT2D eigenvalue weighted by Crippen LogP contribution is -2.04. The maximum Gasteiger partial charge on any atom is 0.434 e. The van der Waals surface area contributed by atoms with Crippen LogP contribution in [0.4, 0.5) is 13.2 Å². The quantitative estimate of drug-likeness (QED) is 0.809. The first kappa shape index (κ1) is 11.6. The van der Waals surface area contributed by atoms with Crippen molar-refractivity contribution in [2.75, 3.05) is 0 Å². The molecule has 0 spiro atoms. The van der Waals surface area contributed by atoms with E-state index in [2.05, 4.69) is 25.9 Å². The number of thiazole rings is 1. The largest absolute Gasteiger partial charge is 0.434 e. The summed E-state index contributed by atoms with van der Waals surface area (Å²) in [7, 11) is 1.51. The van der Waals surface area contributed by atoms with Crippen molar-refractivity contribution in [2.24, 2.45) is 7.05 Å². The number of hydrogen-bond acceptors (Lipinski definition) is 3. The predicted molar refractivity (Wildman–Crippen MR) is 57.0 cm³/mol. The van der Waals surface area contributed by atoms with Gasteiger partial charge in [-0.25, -0.2) is 9.97 Å². The fourth-order valence-corrected chi connectivity index (χ4v) is 2.40. The Morgan fingerprint density at radius 1 is 1.44 bits per heavy atom. The molecule has 3 nitrogen and oxygen atoms in total. The molecule has 2 rings (SSSR count). The van der Waals surface area contributed by atoms with Crippen LogP contribution in [-0.2, 0) is 13.2 Å². The van der Waals surface area contributed by atoms with Crippen LogP contribution in [0, 0.1) is 0 Å². The number of hydrogen-bond donors (Lipinski definition) is 0. The number of aromatic nitrogens is 3. The Bertz CT molecular complexity index is 517. The van der Waals surface area contributed by atoms with E-state index in [1.807, 2.05) is 0 Å². The smallest absolute Gasteiger partial charge is 0.331 e.